The Morgan fingerprint density at radius 2 is 1.71 bits per heavy atom. The summed E-state index contributed by atoms with van der Waals surface area (Å²) in [7, 11) is 0. The molecule has 1 heterocycles. The number of hydrogen-bond donors (Lipinski definition) is 0. The van der Waals surface area contributed by atoms with Gasteiger partial charge < -0.3 is 9.47 Å². The number of carbonyl (C=O) groups is 1. The molecule has 0 radical (unpaired) electrons. The van der Waals surface area contributed by atoms with Crippen molar-refractivity contribution in [1.29, 1.82) is 0 Å². The van der Waals surface area contributed by atoms with Crippen molar-refractivity contribution in [3.05, 3.63) is 98.7 Å². The van der Waals surface area contributed by atoms with E-state index in [-0.39, 0.29) is 11.5 Å². The number of halogens is 2. The first-order valence-corrected chi connectivity index (χ1v) is 9.47. The fourth-order valence-corrected chi connectivity index (χ4v) is 3.39. The van der Waals surface area contributed by atoms with Crippen LogP contribution in [0.1, 0.15) is 27.0 Å². The van der Waals surface area contributed by atoms with E-state index in [1.54, 1.807) is 42.5 Å². The summed E-state index contributed by atoms with van der Waals surface area (Å²) in [6.45, 7) is 2.48. The molecule has 28 heavy (non-hydrogen) atoms. The van der Waals surface area contributed by atoms with Crippen molar-refractivity contribution < 1.29 is 14.3 Å². The van der Waals surface area contributed by atoms with E-state index in [4.69, 9.17) is 32.7 Å². The summed E-state index contributed by atoms with van der Waals surface area (Å²) < 4.78 is 11.6. The van der Waals surface area contributed by atoms with Crippen molar-refractivity contribution in [3.63, 3.8) is 0 Å². The quantitative estimate of drug-likeness (QED) is 0.460. The highest BCUT2D eigenvalue weighted by Gasteiger charge is 2.28. The maximum absolute atomic E-state index is 12.6. The Labute approximate surface area is 173 Å². The lowest BCUT2D eigenvalue weighted by Crippen LogP contribution is -1.98. The van der Waals surface area contributed by atoms with Gasteiger partial charge in [0.1, 0.15) is 18.1 Å². The minimum Gasteiger partial charge on any atom is -0.489 e. The van der Waals surface area contributed by atoms with Crippen LogP contribution in [0.2, 0.25) is 10.0 Å². The number of carbonyl (C=O) groups excluding carboxylic acids is 1. The predicted octanol–water partition coefficient (Wildman–Crippen LogP) is 6.50. The Kier molecular flexibility index (Phi) is 5.12. The van der Waals surface area contributed by atoms with Crippen LogP contribution in [0, 0.1) is 6.92 Å². The average molecular weight is 411 g/mol. The van der Waals surface area contributed by atoms with Gasteiger partial charge in [-0.15, -0.1) is 0 Å². The van der Waals surface area contributed by atoms with E-state index in [9.17, 15) is 4.79 Å². The zero-order valence-corrected chi connectivity index (χ0v) is 16.6. The number of aryl methyl sites for hydroxylation is 1. The molecule has 0 amide bonds. The van der Waals surface area contributed by atoms with E-state index in [1.165, 1.54) is 5.56 Å². The summed E-state index contributed by atoms with van der Waals surface area (Å²) in [5.74, 6) is 1.06. The Balaban J connectivity index is 1.54. The van der Waals surface area contributed by atoms with Crippen LogP contribution in [0.5, 0.6) is 11.5 Å². The van der Waals surface area contributed by atoms with E-state index < -0.39 is 0 Å². The van der Waals surface area contributed by atoms with Crippen LogP contribution in [0.25, 0.3) is 6.08 Å². The van der Waals surface area contributed by atoms with Crippen LogP contribution in [-0.4, -0.2) is 5.78 Å². The highest BCUT2D eigenvalue weighted by atomic mass is 35.5. The Bertz CT molecular complexity index is 1070. The first kappa shape index (κ1) is 18.6. The third-order valence-electron chi connectivity index (χ3n) is 4.44. The monoisotopic (exact) mass is 410 g/mol. The van der Waals surface area contributed by atoms with Crippen LogP contribution in [-0.2, 0) is 6.61 Å². The fourth-order valence-electron chi connectivity index (χ4n) is 2.89. The van der Waals surface area contributed by atoms with Crippen molar-refractivity contribution in [2.75, 3.05) is 0 Å². The van der Waals surface area contributed by atoms with E-state index in [0.717, 1.165) is 5.56 Å². The molecule has 0 aliphatic carbocycles. The molecule has 0 fully saturated rings. The minimum atomic E-state index is -0.212. The van der Waals surface area contributed by atoms with Crippen LogP contribution < -0.4 is 9.47 Å². The average Bonchev–Trinajstić information content (AvgIpc) is 2.99. The van der Waals surface area contributed by atoms with Gasteiger partial charge in [-0.3, -0.25) is 4.79 Å². The maximum atomic E-state index is 12.6. The number of ether oxygens (including phenoxy) is 2. The van der Waals surface area contributed by atoms with Gasteiger partial charge in [0.25, 0.3) is 0 Å². The summed E-state index contributed by atoms with van der Waals surface area (Å²) in [4.78, 5) is 12.6. The topological polar surface area (TPSA) is 35.5 Å². The van der Waals surface area contributed by atoms with Gasteiger partial charge in [0.05, 0.1) is 5.56 Å². The number of ketones is 1. The van der Waals surface area contributed by atoms with Gasteiger partial charge >= 0.3 is 0 Å². The molecular formula is C23H16Cl2O3. The van der Waals surface area contributed by atoms with E-state index in [1.807, 2.05) is 31.2 Å². The molecular weight excluding hydrogens is 395 g/mol. The third-order valence-corrected chi connectivity index (χ3v) is 5.10. The van der Waals surface area contributed by atoms with Gasteiger partial charge in [0.2, 0.25) is 5.78 Å². The molecule has 0 aromatic heterocycles. The molecule has 0 spiro atoms. The summed E-state index contributed by atoms with van der Waals surface area (Å²) >= 11 is 12.4. The largest absolute Gasteiger partial charge is 0.489 e. The molecule has 4 rings (SSSR count). The molecule has 3 aromatic carbocycles. The standard InChI is InChI=1S/C23H16Cl2O3/c1-14-5-7-15(8-6-14)13-27-16-9-10-17-21(11-16)28-22(23(17)26)12-18-19(24)3-2-4-20(18)25/h2-12H,13H2,1H3. The number of Topliss-reactive ketones (excluding diaryl/α,β-unsaturated/α-hetero) is 1. The molecule has 0 N–H and O–H groups in total. The molecule has 1 aliphatic rings. The first-order valence-electron chi connectivity index (χ1n) is 8.72. The predicted molar refractivity (Wildman–Crippen MR) is 111 cm³/mol. The number of hydrogen-bond acceptors (Lipinski definition) is 3. The lowest BCUT2D eigenvalue weighted by Gasteiger charge is -2.07. The number of rotatable bonds is 4. The van der Waals surface area contributed by atoms with Crippen molar-refractivity contribution in [3.8, 4) is 11.5 Å². The highest BCUT2D eigenvalue weighted by molar-refractivity contribution is 6.37. The summed E-state index contributed by atoms with van der Waals surface area (Å²) in [5.41, 5.74) is 3.30. The zero-order valence-electron chi connectivity index (χ0n) is 15.0. The Morgan fingerprint density at radius 3 is 2.43 bits per heavy atom. The molecule has 140 valence electrons. The molecule has 0 bridgehead atoms. The van der Waals surface area contributed by atoms with Gasteiger partial charge in [-0.25, -0.2) is 0 Å². The lowest BCUT2D eigenvalue weighted by atomic mass is 10.1. The minimum absolute atomic E-state index is 0.181. The fraction of sp³-hybridized carbons (Fsp3) is 0.0870. The Hall–Kier alpha value is -2.75. The van der Waals surface area contributed by atoms with Crippen LogP contribution in [0.15, 0.2) is 66.4 Å². The van der Waals surface area contributed by atoms with Gasteiger partial charge in [-0.1, -0.05) is 59.1 Å². The molecule has 5 heteroatoms. The van der Waals surface area contributed by atoms with E-state index in [0.29, 0.717) is 39.3 Å². The van der Waals surface area contributed by atoms with Crippen molar-refractivity contribution in [2.24, 2.45) is 0 Å². The first-order chi connectivity index (χ1) is 13.5. The Morgan fingerprint density at radius 1 is 1.00 bits per heavy atom. The number of allylic oxidation sites excluding steroid dienone is 1. The zero-order chi connectivity index (χ0) is 19.7. The maximum Gasteiger partial charge on any atom is 0.231 e. The van der Waals surface area contributed by atoms with Gasteiger partial charge in [-0.2, -0.15) is 0 Å². The molecule has 0 unspecified atom stereocenters. The molecule has 0 saturated carbocycles. The van der Waals surface area contributed by atoms with Crippen LogP contribution in [0.3, 0.4) is 0 Å². The second-order valence-corrected chi connectivity index (χ2v) is 7.32. The number of benzene rings is 3. The molecule has 3 nitrogen and oxygen atoms in total. The van der Waals surface area contributed by atoms with Crippen molar-refractivity contribution in [2.45, 2.75) is 13.5 Å². The molecule has 0 atom stereocenters. The molecule has 0 saturated heterocycles. The van der Waals surface area contributed by atoms with E-state index in [2.05, 4.69) is 0 Å². The summed E-state index contributed by atoms with van der Waals surface area (Å²) in [6, 6.07) is 18.5. The van der Waals surface area contributed by atoms with Crippen LogP contribution >= 0.6 is 23.2 Å². The highest BCUT2D eigenvalue weighted by Crippen LogP contribution is 2.36. The van der Waals surface area contributed by atoms with E-state index >= 15 is 0 Å². The van der Waals surface area contributed by atoms with Gasteiger partial charge in [-0.05, 0) is 42.8 Å². The normalized spacial score (nSPS) is 14.1. The SMILES string of the molecule is Cc1ccc(COc2ccc3c(c2)OC(=Cc2c(Cl)cccc2Cl)C3=O)cc1. The summed E-state index contributed by atoms with van der Waals surface area (Å²) in [5, 5.41) is 0.906. The molecule has 1 aliphatic heterocycles. The second-order valence-electron chi connectivity index (χ2n) is 6.51. The molecule has 3 aromatic rings. The third kappa shape index (κ3) is 3.77. The lowest BCUT2D eigenvalue weighted by molar-refractivity contribution is 0.101. The smallest absolute Gasteiger partial charge is 0.231 e. The number of fused-ring (bicyclic) bond motifs is 1. The van der Waals surface area contributed by atoms with Crippen LogP contribution in [0.4, 0.5) is 0 Å². The van der Waals surface area contributed by atoms with Gasteiger partial charge in [0.15, 0.2) is 5.76 Å². The van der Waals surface area contributed by atoms with Gasteiger partial charge in [0, 0.05) is 21.7 Å². The second kappa shape index (κ2) is 7.70. The van der Waals surface area contributed by atoms with Crippen molar-refractivity contribution in [1.82, 2.24) is 0 Å². The summed E-state index contributed by atoms with van der Waals surface area (Å²) in [6.07, 6.45) is 1.57. The van der Waals surface area contributed by atoms with Crippen molar-refractivity contribution >= 4 is 35.1 Å².